The fraction of sp³-hybridized carbons (Fsp3) is 0.134. The van der Waals surface area contributed by atoms with Gasteiger partial charge in [-0.25, -0.2) is 10.0 Å². The standard InChI is InChI=1S/C67H58N2S/c1-5-6-18-46(2)39-55-37-38-70(3,4)65-45-64-63(44-62(55)65)66(68(57-34-31-48-20-8-12-24-52(48)41-57)56-28-17-27-47-19-7-11-23-51(47)40-56)60-29-15-16-30-61(60)67(64)69(58-35-32-49-21-9-13-25-53(49)42-58)59-36-33-50-22-10-14-26-54(50)43-59/h6-7,9-19,21-37,39-45,56H,5,8,20,38H2,1-4H3/b18-6-,46-39?. The van der Waals surface area contributed by atoms with E-state index in [4.69, 9.17) is 0 Å². The Bertz CT molecular complexity index is 3780. The Balaban J connectivity index is 1.24. The van der Waals surface area contributed by atoms with Crippen LogP contribution < -0.4 is 20.2 Å². The molecule has 1 aliphatic heterocycles. The van der Waals surface area contributed by atoms with Gasteiger partial charge in [-0.1, -0.05) is 189 Å². The minimum absolute atomic E-state index is 0.102. The van der Waals surface area contributed by atoms with Gasteiger partial charge in [0.15, 0.2) is 0 Å². The second kappa shape index (κ2) is 18.1. The van der Waals surface area contributed by atoms with Gasteiger partial charge in [-0.05, 0) is 152 Å². The van der Waals surface area contributed by atoms with E-state index in [0.29, 0.717) is 0 Å². The van der Waals surface area contributed by atoms with Gasteiger partial charge in [-0.2, -0.15) is 0 Å². The molecule has 3 aliphatic rings. The molecule has 9 aromatic rings. The van der Waals surface area contributed by atoms with E-state index in [2.05, 4.69) is 261 Å². The largest absolute Gasteiger partial charge is 0.330 e. The molecule has 0 spiro atoms. The maximum absolute atomic E-state index is 2.65. The van der Waals surface area contributed by atoms with Crippen molar-refractivity contribution in [2.75, 3.05) is 28.1 Å². The molecular formula is C67H58N2S. The lowest BCUT2D eigenvalue weighted by Gasteiger charge is -2.39. The van der Waals surface area contributed by atoms with Gasteiger partial charge in [0.25, 0.3) is 0 Å². The van der Waals surface area contributed by atoms with Crippen LogP contribution in [0.3, 0.4) is 0 Å². The van der Waals surface area contributed by atoms with Crippen LogP contribution in [0.2, 0.25) is 0 Å². The number of benzene rings is 9. The van der Waals surface area contributed by atoms with Crippen LogP contribution in [0.5, 0.6) is 0 Å². The molecule has 3 heteroatoms. The van der Waals surface area contributed by atoms with Gasteiger partial charge in [0, 0.05) is 38.6 Å². The molecule has 1 unspecified atom stereocenters. The Kier molecular flexibility index (Phi) is 11.3. The predicted molar refractivity (Wildman–Crippen MR) is 308 cm³/mol. The van der Waals surface area contributed by atoms with E-state index in [1.54, 1.807) is 0 Å². The number of hydrogen-bond donors (Lipinski definition) is 0. The number of rotatable bonds is 9. The summed E-state index contributed by atoms with van der Waals surface area (Å²) in [6, 6.07) is 61.9. The molecule has 0 amide bonds. The number of anilines is 5. The number of allylic oxidation sites excluding steroid dienone is 7. The van der Waals surface area contributed by atoms with Gasteiger partial charge in [-0.15, -0.1) is 0 Å². The third kappa shape index (κ3) is 7.89. The van der Waals surface area contributed by atoms with Crippen LogP contribution in [0, 0.1) is 0 Å². The molecule has 0 radical (unpaired) electrons. The molecule has 0 saturated heterocycles. The minimum atomic E-state index is -1.24. The van der Waals surface area contributed by atoms with Crippen LogP contribution in [-0.2, 0) is 6.42 Å². The van der Waals surface area contributed by atoms with E-state index in [1.807, 2.05) is 0 Å². The number of nitrogens with zero attached hydrogens (tertiary/aromatic N) is 2. The van der Waals surface area contributed by atoms with E-state index in [1.165, 1.54) is 103 Å². The fourth-order valence-electron chi connectivity index (χ4n) is 11.1. The van der Waals surface area contributed by atoms with Crippen molar-refractivity contribution >= 4 is 105 Å². The van der Waals surface area contributed by atoms with E-state index in [-0.39, 0.29) is 6.04 Å². The summed E-state index contributed by atoms with van der Waals surface area (Å²) in [4.78, 5) is 6.68. The van der Waals surface area contributed by atoms with Crippen LogP contribution in [0.1, 0.15) is 43.4 Å². The van der Waals surface area contributed by atoms with Crippen LogP contribution in [0.15, 0.2) is 217 Å². The monoisotopic (exact) mass is 922 g/mol. The highest BCUT2D eigenvalue weighted by Crippen LogP contribution is 2.59. The van der Waals surface area contributed by atoms with Crippen LogP contribution in [0.25, 0.3) is 66.9 Å². The van der Waals surface area contributed by atoms with Crippen molar-refractivity contribution in [1.82, 2.24) is 0 Å². The molecule has 342 valence electrons. The highest BCUT2D eigenvalue weighted by Gasteiger charge is 2.32. The second-order valence-electron chi connectivity index (χ2n) is 19.6. The fourth-order valence-corrected chi connectivity index (χ4v) is 13.1. The Morgan fingerprint density at radius 1 is 0.643 bits per heavy atom. The van der Waals surface area contributed by atoms with Crippen LogP contribution in [-0.4, -0.2) is 24.3 Å². The van der Waals surface area contributed by atoms with Gasteiger partial charge < -0.3 is 9.80 Å². The molecule has 2 nitrogen and oxygen atoms in total. The maximum Gasteiger partial charge on any atom is 0.0718 e. The lowest BCUT2D eigenvalue weighted by Crippen LogP contribution is -2.32. The van der Waals surface area contributed by atoms with Crippen molar-refractivity contribution in [2.24, 2.45) is 0 Å². The first-order valence-electron chi connectivity index (χ1n) is 24.9. The molecule has 0 fully saturated rings. The molecule has 70 heavy (non-hydrogen) atoms. The summed E-state index contributed by atoms with van der Waals surface area (Å²) in [5.74, 6) is 1.03. The highest BCUT2D eigenvalue weighted by molar-refractivity contribution is 8.32. The number of aryl methyl sites for hydroxylation is 1. The average molecular weight is 923 g/mol. The molecule has 0 saturated carbocycles. The van der Waals surface area contributed by atoms with Gasteiger partial charge in [0.05, 0.1) is 17.4 Å². The van der Waals surface area contributed by atoms with Crippen molar-refractivity contribution < 1.29 is 0 Å². The SMILES string of the molecule is CC/C=C\C(C)=CC1=CCS(C)(C)c2cc3c(N(c4ccc5ccccc5c4)c4ccc5ccccc5c4)c4ccccc4c(N(c4ccc5c(c4)C=CCC5)C4C=CC=c5ccccc5=C4)c3cc21. The second-order valence-corrected chi connectivity index (χ2v) is 23.5. The lowest BCUT2D eigenvalue weighted by molar-refractivity contribution is 0.968. The zero-order chi connectivity index (χ0) is 47.3. The maximum atomic E-state index is 2.65. The molecule has 0 N–H and O–H groups in total. The first-order valence-corrected chi connectivity index (χ1v) is 27.5. The molecule has 1 heterocycles. The quantitative estimate of drug-likeness (QED) is 0.0809. The molecule has 0 aromatic heterocycles. The van der Waals surface area contributed by atoms with Crippen molar-refractivity contribution in [2.45, 2.75) is 44.0 Å². The van der Waals surface area contributed by atoms with E-state index >= 15 is 0 Å². The van der Waals surface area contributed by atoms with E-state index in [0.717, 1.165) is 36.4 Å². The normalized spacial score (nSPS) is 16.5. The first-order chi connectivity index (χ1) is 34.3. The number of hydrogen-bond acceptors (Lipinski definition) is 2. The third-order valence-electron chi connectivity index (χ3n) is 14.7. The first kappa shape index (κ1) is 43.7. The lowest BCUT2D eigenvalue weighted by atomic mass is 9.91. The molecule has 2 aliphatic carbocycles. The van der Waals surface area contributed by atoms with Gasteiger partial charge in [0.1, 0.15) is 0 Å². The average Bonchev–Trinajstić information content (AvgIpc) is 3.62. The Hall–Kier alpha value is -7.59. The molecule has 1 atom stereocenters. The summed E-state index contributed by atoms with van der Waals surface area (Å²) in [5.41, 5.74) is 12.5. The van der Waals surface area contributed by atoms with Crippen molar-refractivity contribution in [3.63, 3.8) is 0 Å². The van der Waals surface area contributed by atoms with Crippen molar-refractivity contribution in [1.29, 1.82) is 0 Å². The van der Waals surface area contributed by atoms with Gasteiger partial charge in [-0.3, -0.25) is 0 Å². The highest BCUT2D eigenvalue weighted by atomic mass is 32.3. The zero-order valence-corrected chi connectivity index (χ0v) is 41.4. The summed E-state index contributed by atoms with van der Waals surface area (Å²) >= 11 is 0. The van der Waals surface area contributed by atoms with Gasteiger partial charge in [0.2, 0.25) is 0 Å². The minimum Gasteiger partial charge on any atom is -0.330 e. The summed E-state index contributed by atoms with van der Waals surface area (Å²) in [5, 5.41) is 12.2. The van der Waals surface area contributed by atoms with E-state index < -0.39 is 10.0 Å². The van der Waals surface area contributed by atoms with Crippen LogP contribution in [0.4, 0.5) is 28.4 Å². The Labute approximate surface area is 414 Å². The molecule has 0 bridgehead atoms. The molecule has 9 aromatic carbocycles. The number of fused-ring (bicyclic) bond motifs is 7. The van der Waals surface area contributed by atoms with E-state index in [9.17, 15) is 0 Å². The topological polar surface area (TPSA) is 6.48 Å². The summed E-state index contributed by atoms with van der Waals surface area (Å²) < 4.78 is 0. The van der Waals surface area contributed by atoms with Crippen LogP contribution >= 0.6 is 10.0 Å². The van der Waals surface area contributed by atoms with Crippen molar-refractivity contribution in [3.05, 3.63) is 239 Å². The summed E-state index contributed by atoms with van der Waals surface area (Å²) in [6.45, 7) is 4.46. The predicted octanol–water partition coefficient (Wildman–Crippen LogP) is 16.8. The Morgan fingerprint density at radius 2 is 1.29 bits per heavy atom. The summed E-state index contributed by atoms with van der Waals surface area (Å²) in [6.07, 6.45) is 31.7. The van der Waals surface area contributed by atoms with Crippen molar-refractivity contribution in [3.8, 4) is 0 Å². The summed E-state index contributed by atoms with van der Waals surface area (Å²) in [7, 11) is -1.24. The Morgan fingerprint density at radius 3 is 2.01 bits per heavy atom. The van der Waals surface area contributed by atoms with Gasteiger partial charge >= 0.3 is 0 Å². The molecule has 12 rings (SSSR count). The zero-order valence-electron chi connectivity index (χ0n) is 40.6. The smallest absolute Gasteiger partial charge is 0.0718 e. The third-order valence-corrected chi connectivity index (χ3v) is 17.2. The molecular weight excluding hydrogens is 865 g/mol.